The summed E-state index contributed by atoms with van der Waals surface area (Å²) in [6.07, 6.45) is 1.88. The Balaban J connectivity index is 2.06. The molecule has 0 aliphatic heterocycles. The highest BCUT2D eigenvalue weighted by atomic mass is 28.4. The van der Waals surface area contributed by atoms with E-state index in [0.29, 0.717) is 12.3 Å². The third-order valence-electron chi connectivity index (χ3n) is 5.22. The Bertz CT molecular complexity index is 983. The molecule has 0 saturated carbocycles. The fourth-order valence-electron chi connectivity index (χ4n) is 3.88. The van der Waals surface area contributed by atoms with Crippen molar-refractivity contribution < 1.29 is 4.43 Å². The first-order valence-electron chi connectivity index (χ1n) is 10.0. The van der Waals surface area contributed by atoms with Crippen LogP contribution >= 0.6 is 0 Å². The first-order chi connectivity index (χ1) is 14.5. The van der Waals surface area contributed by atoms with Crippen LogP contribution in [0.5, 0.6) is 0 Å². The first kappa shape index (κ1) is 21.6. The quantitative estimate of drug-likeness (QED) is 0.205. The second kappa shape index (κ2) is 9.59. The number of azide groups is 1. The molecule has 152 valence electrons. The van der Waals surface area contributed by atoms with Crippen molar-refractivity contribution in [3.8, 4) is 0 Å². The van der Waals surface area contributed by atoms with Crippen LogP contribution in [0, 0.1) is 0 Å². The monoisotopic (exact) mass is 413 g/mol. The molecule has 0 aromatic heterocycles. The van der Waals surface area contributed by atoms with Crippen LogP contribution in [0.4, 0.5) is 0 Å². The van der Waals surface area contributed by atoms with Gasteiger partial charge in [0.15, 0.2) is 0 Å². The highest BCUT2D eigenvalue weighted by Gasteiger charge is 2.49. The normalized spacial score (nSPS) is 12.3. The maximum Gasteiger partial charge on any atom is 0.261 e. The topological polar surface area (TPSA) is 58.0 Å². The summed E-state index contributed by atoms with van der Waals surface area (Å²) in [5, 5.41) is 6.24. The maximum atomic E-state index is 9.03. The molecule has 5 heteroatoms. The Morgan fingerprint density at radius 2 is 1.33 bits per heavy atom. The van der Waals surface area contributed by atoms with Crippen molar-refractivity contribution >= 4 is 24.4 Å². The van der Waals surface area contributed by atoms with Gasteiger partial charge in [-0.3, -0.25) is 0 Å². The van der Waals surface area contributed by atoms with Crippen molar-refractivity contribution in [3.05, 3.63) is 113 Å². The molecule has 0 aliphatic carbocycles. The first-order valence-corrected chi connectivity index (χ1v) is 12.0. The van der Waals surface area contributed by atoms with Gasteiger partial charge >= 0.3 is 0 Å². The molecule has 0 heterocycles. The van der Waals surface area contributed by atoms with Gasteiger partial charge in [0, 0.05) is 10.6 Å². The fraction of sp³-hybridized carbons (Fsp3) is 0.200. The fourth-order valence-corrected chi connectivity index (χ4v) is 8.37. The van der Waals surface area contributed by atoms with Crippen molar-refractivity contribution in [1.29, 1.82) is 0 Å². The average Bonchev–Trinajstić information content (AvgIpc) is 2.77. The molecule has 30 heavy (non-hydrogen) atoms. The van der Waals surface area contributed by atoms with E-state index in [4.69, 9.17) is 9.96 Å². The van der Waals surface area contributed by atoms with Crippen LogP contribution < -0.4 is 10.4 Å². The number of hydrogen-bond acceptors (Lipinski definition) is 2. The van der Waals surface area contributed by atoms with E-state index in [9.17, 15) is 0 Å². The van der Waals surface area contributed by atoms with Gasteiger partial charge in [-0.1, -0.05) is 123 Å². The summed E-state index contributed by atoms with van der Waals surface area (Å²) in [5.41, 5.74) is 10.5. The highest BCUT2D eigenvalue weighted by Crippen LogP contribution is 2.36. The molecule has 0 unspecified atom stereocenters. The molecule has 0 amide bonds. The standard InChI is InChI=1S/C25H27N3OSi/c1-25(2,3)30(22-15-9-5-10-16-22,23-17-11-6-12-18-23)29-20-19-24(27-28-26)21-13-7-4-8-14-21/h4-19H,20H2,1-3H3/b24-19+. The molecule has 0 spiro atoms. The maximum absolute atomic E-state index is 9.03. The van der Waals surface area contributed by atoms with Crippen molar-refractivity contribution in [3.63, 3.8) is 0 Å². The Hall–Kier alpha value is -3.11. The molecule has 3 rings (SSSR count). The van der Waals surface area contributed by atoms with Crippen LogP contribution in [0.1, 0.15) is 26.3 Å². The Kier molecular flexibility index (Phi) is 6.90. The number of benzene rings is 3. The minimum absolute atomic E-state index is 0.102. The highest BCUT2D eigenvalue weighted by molar-refractivity contribution is 6.99. The zero-order valence-electron chi connectivity index (χ0n) is 17.7. The van der Waals surface area contributed by atoms with Gasteiger partial charge in [-0.25, -0.2) is 0 Å². The van der Waals surface area contributed by atoms with Gasteiger partial charge in [-0.05, 0) is 26.5 Å². The van der Waals surface area contributed by atoms with Crippen LogP contribution in [-0.4, -0.2) is 14.9 Å². The Labute approximate surface area is 179 Å². The molecular weight excluding hydrogens is 386 g/mol. The van der Waals surface area contributed by atoms with Crippen LogP contribution in [0.2, 0.25) is 5.04 Å². The SMILES string of the molecule is CC(C)(C)[Si](OC/C=C(/N=[N+]=[N-])c1ccccc1)(c1ccccc1)c1ccccc1. The second-order valence-corrected chi connectivity index (χ2v) is 12.4. The molecule has 0 atom stereocenters. The largest absolute Gasteiger partial charge is 0.404 e. The number of nitrogens with zero attached hydrogens (tertiary/aromatic N) is 3. The lowest BCUT2D eigenvalue weighted by molar-refractivity contribution is 0.339. The van der Waals surface area contributed by atoms with Crippen molar-refractivity contribution in [2.24, 2.45) is 5.11 Å². The Morgan fingerprint density at radius 3 is 1.77 bits per heavy atom. The van der Waals surface area contributed by atoms with Gasteiger partial charge in [0.1, 0.15) is 0 Å². The van der Waals surface area contributed by atoms with Gasteiger partial charge in [0.05, 0.1) is 6.61 Å². The van der Waals surface area contributed by atoms with E-state index < -0.39 is 8.32 Å². The summed E-state index contributed by atoms with van der Waals surface area (Å²) >= 11 is 0. The molecule has 4 nitrogen and oxygen atoms in total. The lowest BCUT2D eigenvalue weighted by atomic mass is 10.1. The van der Waals surface area contributed by atoms with Gasteiger partial charge in [0.2, 0.25) is 0 Å². The van der Waals surface area contributed by atoms with Crippen LogP contribution in [0.15, 0.2) is 102 Å². The van der Waals surface area contributed by atoms with Crippen LogP contribution in [0.3, 0.4) is 0 Å². The molecule has 0 fully saturated rings. The predicted molar refractivity (Wildman–Crippen MR) is 127 cm³/mol. The summed E-state index contributed by atoms with van der Waals surface area (Å²) in [7, 11) is -2.62. The van der Waals surface area contributed by atoms with Crippen molar-refractivity contribution in [1.82, 2.24) is 0 Å². The molecule has 0 saturated heterocycles. The average molecular weight is 414 g/mol. The summed E-state index contributed by atoms with van der Waals surface area (Å²) in [5.74, 6) is 0. The zero-order valence-corrected chi connectivity index (χ0v) is 18.7. The number of hydrogen-bond donors (Lipinski definition) is 0. The summed E-state index contributed by atoms with van der Waals surface area (Å²) in [6, 6.07) is 30.7. The van der Waals surface area contributed by atoms with Gasteiger partial charge in [-0.2, -0.15) is 0 Å². The lowest BCUT2D eigenvalue weighted by Crippen LogP contribution is -2.66. The van der Waals surface area contributed by atoms with E-state index >= 15 is 0 Å². The minimum atomic E-state index is -2.62. The van der Waals surface area contributed by atoms with Crippen LogP contribution in [0.25, 0.3) is 16.1 Å². The molecule has 0 bridgehead atoms. The Morgan fingerprint density at radius 1 is 0.867 bits per heavy atom. The predicted octanol–water partition coefficient (Wildman–Crippen LogP) is 5.91. The van der Waals surface area contributed by atoms with E-state index in [1.807, 2.05) is 48.5 Å². The molecule has 0 N–H and O–H groups in total. The van der Waals surface area contributed by atoms with Crippen LogP contribution in [-0.2, 0) is 4.43 Å². The smallest absolute Gasteiger partial charge is 0.261 e. The van der Waals surface area contributed by atoms with E-state index in [1.165, 1.54) is 10.4 Å². The third-order valence-corrected chi connectivity index (χ3v) is 10.2. The van der Waals surface area contributed by atoms with E-state index in [-0.39, 0.29) is 5.04 Å². The van der Waals surface area contributed by atoms with Gasteiger partial charge < -0.3 is 4.43 Å². The third kappa shape index (κ3) is 4.55. The molecule has 3 aromatic rings. The zero-order chi connectivity index (χ0) is 21.5. The number of rotatable bonds is 7. The summed E-state index contributed by atoms with van der Waals surface area (Å²) in [6.45, 7) is 7.09. The van der Waals surface area contributed by atoms with Gasteiger partial charge in [-0.15, -0.1) is 0 Å². The lowest BCUT2D eigenvalue weighted by Gasteiger charge is -2.42. The molecule has 0 radical (unpaired) electrons. The minimum Gasteiger partial charge on any atom is -0.404 e. The van der Waals surface area contributed by atoms with Crippen molar-refractivity contribution in [2.45, 2.75) is 25.8 Å². The van der Waals surface area contributed by atoms with E-state index in [2.05, 4.69) is 79.3 Å². The summed E-state index contributed by atoms with van der Waals surface area (Å²) < 4.78 is 6.84. The van der Waals surface area contributed by atoms with E-state index in [1.54, 1.807) is 0 Å². The molecule has 3 aromatic carbocycles. The summed E-state index contributed by atoms with van der Waals surface area (Å²) in [4.78, 5) is 3.01. The van der Waals surface area contributed by atoms with E-state index in [0.717, 1.165) is 5.56 Å². The molecule has 0 aliphatic rings. The second-order valence-electron chi connectivity index (χ2n) is 8.12. The van der Waals surface area contributed by atoms with Gasteiger partial charge in [0.25, 0.3) is 8.32 Å². The molecular formula is C25H27N3OSi. The van der Waals surface area contributed by atoms with Crippen molar-refractivity contribution in [2.75, 3.05) is 6.61 Å².